The lowest BCUT2D eigenvalue weighted by atomic mass is 9.79. The molecule has 1 aliphatic rings. The van der Waals surface area contributed by atoms with Crippen LogP contribution in [0.1, 0.15) is 33.6 Å². The maximum atomic E-state index is 11.2. The second-order valence-corrected chi connectivity index (χ2v) is 3.64. The number of allylic oxidation sites excluding steroid dienone is 2. The van der Waals surface area contributed by atoms with E-state index in [1.54, 1.807) is 0 Å². The lowest BCUT2D eigenvalue weighted by Gasteiger charge is -2.24. The highest BCUT2D eigenvalue weighted by atomic mass is 16.1. The topological polar surface area (TPSA) is 17.1 Å². The fourth-order valence-electron chi connectivity index (χ4n) is 1.40. The summed E-state index contributed by atoms with van der Waals surface area (Å²) in [5.74, 6) is 0.373. The van der Waals surface area contributed by atoms with Crippen LogP contribution in [0, 0.1) is 5.41 Å². The van der Waals surface area contributed by atoms with Gasteiger partial charge in [0.25, 0.3) is 0 Å². The molecule has 0 saturated heterocycles. The number of rotatable bonds is 0. The van der Waals surface area contributed by atoms with Crippen LogP contribution in [0.2, 0.25) is 0 Å². The third kappa shape index (κ3) is 1.28. The Morgan fingerprint density at radius 3 is 2.40 bits per heavy atom. The summed E-state index contributed by atoms with van der Waals surface area (Å²) in [5, 5.41) is 0. The minimum absolute atomic E-state index is 0.192. The Balaban J connectivity index is 2.89. The van der Waals surface area contributed by atoms with Gasteiger partial charge in [0.05, 0.1) is 0 Å². The second kappa shape index (κ2) is 2.22. The molecule has 0 heterocycles. The lowest BCUT2D eigenvalue weighted by Crippen LogP contribution is -2.25. The molecule has 0 saturated carbocycles. The van der Waals surface area contributed by atoms with E-state index in [2.05, 4.69) is 13.0 Å². The summed E-state index contributed by atoms with van der Waals surface area (Å²) in [6.07, 6.45) is 3.77. The molecule has 0 radical (unpaired) electrons. The number of ketones is 1. The largest absolute Gasteiger partial charge is 0.299 e. The smallest absolute Gasteiger partial charge is 0.142 e. The fourth-order valence-corrected chi connectivity index (χ4v) is 1.40. The van der Waals surface area contributed by atoms with E-state index in [-0.39, 0.29) is 5.41 Å². The van der Waals surface area contributed by atoms with E-state index in [1.807, 2.05) is 13.8 Å². The summed E-state index contributed by atoms with van der Waals surface area (Å²) in [7, 11) is 0. The number of carbonyl (C=O) groups excluding carboxylic acids is 1. The van der Waals surface area contributed by atoms with Crippen molar-refractivity contribution in [2.45, 2.75) is 33.6 Å². The molecular formula is C9H14O. The first-order valence-electron chi connectivity index (χ1n) is 3.74. The SMILES string of the molecule is CC1=CC(C)(C)C(=O)CC1. The monoisotopic (exact) mass is 138 g/mol. The third-order valence-electron chi connectivity index (χ3n) is 2.07. The van der Waals surface area contributed by atoms with Gasteiger partial charge < -0.3 is 0 Å². The van der Waals surface area contributed by atoms with Gasteiger partial charge >= 0.3 is 0 Å². The summed E-state index contributed by atoms with van der Waals surface area (Å²) in [4.78, 5) is 11.2. The molecule has 1 nitrogen and oxygen atoms in total. The Morgan fingerprint density at radius 1 is 1.40 bits per heavy atom. The molecule has 10 heavy (non-hydrogen) atoms. The first kappa shape index (κ1) is 7.52. The zero-order chi connectivity index (χ0) is 7.78. The molecule has 0 fully saturated rings. The Hall–Kier alpha value is -0.590. The molecule has 1 rings (SSSR count). The summed E-state index contributed by atoms with van der Waals surface area (Å²) in [6.45, 7) is 6.06. The normalized spacial score (nSPS) is 24.3. The van der Waals surface area contributed by atoms with E-state index in [0.717, 1.165) is 12.8 Å². The predicted molar refractivity (Wildman–Crippen MR) is 41.8 cm³/mol. The van der Waals surface area contributed by atoms with E-state index in [0.29, 0.717) is 5.78 Å². The van der Waals surface area contributed by atoms with Gasteiger partial charge in [0.2, 0.25) is 0 Å². The zero-order valence-electron chi connectivity index (χ0n) is 6.90. The Kier molecular flexibility index (Phi) is 1.67. The molecule has 1 aliphatic carbocycles. The van der Waals surface area contributed by atoms with Crippen LogP contribution in [0.4, 0.5) is 0 Å². The van der Waals surface area contributed by atoms with Crippen LogP contribution in [-0.2, 0) is 4.79 Å². The molecule has 56 valence electrons. The minimum atomic E-state index is -0.192. The van der Waals surface area contributed by atoms with Gasteiger partial charge in [-0.2, -0.15) is 0 Å². The molecule has 0 amide bonds. The van der Waals surface area contributed by atoms with Crippen molar-refractivity contribution in [3.63, 3.8) is 0 Å². The van der Waals surface area contributed by atoms with E-state index < -0.39 is 0 Å². The van der Waals surface area contributed by atoms with Crippen LogP contribution in [0.5, 0.6) is 0 Å². The third-order valence-corrected chi connectivity index (χ3v) is 2.07. The molecule has 0 spiro atoms. The highest BCUT2D eigenvalue weighted by Gasteiger charge is 2.27. The van der Waals surface area contributed by atoms with Crippen molar-refractivity contribution >= 4 is 5.78 Å². The first-order chi connectivity index (χ1) is 4.52. The van der Waals surface area contributed by atoms with Gasteiger partial charge in [-0.25, -0.2) is 0 Å². The maximum absolute atomic E-state index is 11.2. The van der Waals surface area contributed by atoms with Crippen molar-refractivity contribution in [1.29, 1.82) is 0 Å². The highest BCUT2D eigenvalue weighted by Crippen LogP contribution is 2.29. The minimum Gasteiger partial charge on any atom is -0.299 e. The van der Waals surface area contributed by atoms with Crippen LogP contribution >= 0.6 is 0 Å². The van der Waals surface area contributed by atoms with Crippen LogP contribution in [0.15, 0.2) is 11.6 Å². The van der Waals surface area contributed by atoms with E-state index in [1.165, 1.54) is 5.57 Å². The van der Waals surface area contributed by atoms with Crippen molar-refractivity contribution in [2.24, 2.45) is 5.41 Å². The maximum Gasteiger partial charge on any atom is 0.142 e. The molecule has 1 heteroatoms. The Morgan fingerprint density at radius 2 is 2.00 bits per heavy atom. The average Bonchev–Trinajstić information content (AvgIpc) is 1.78. The summed E-state index contributed by atoms with van der Waals surface area (Å²) in [6, 6.07) is 0. The van der Waals surface area contributed by atoms with Gasteiger partial charge in [-0.3, -0.25) is 4.79 Å². The number of carbonyl (C=O) groups is 1. The van der Waals surface area contributed by atoms with Gasteiger partial charge in [-0.15, -0.1) is 0 Å². The van der Waals surface area contributed by atoms with Crippen molar-refractivity contribution in [2.75, 3.05) is 0 Å². The summed E-state index contributed by atoms with van der Waals surface area (Å²) < 4.78 is 0. The summed E-state index contributed by atoms with van der Waals surface area (Å²) in [5.41, 5.74) is 1.16. The van der Waals surface area contributed by atoms with Gasteiger partial charge in [0.1, 0.15) is 5.78 Å². The van der Waals surface area contributed by atoms with Crippen LogP contribution in [-0.4, -0.2) is 5.78 Å². The van der Waals surface area contributed by atoms with Crippen LogP contribution in [0.3, 0.4) is 0 Å². The molecular weight excluding hydrogens is 124 g/mol. The van der Waals surface area contributed by atoms with Crippen molar-refractivity contribution < 1.29 is 4.79 Å². The number of hydrogen-bond acceptors (Lipinski definition) is 1. The quantitative estimate of drug-likeness (QED) is 0.469. The summed E-state index contributed by atoms with van der Waals surface area (Å²) >= 11 is 0. The molecule has 0 aromatic heterocycles. The van der Waals surface area contributed by atoms with Crippen molar-refractivity contribution in [3.05, 3.63) is 11.6 Å². The number of hydrogen-bond donors (Lipinski definition) is 0. The van der Waals surface area contributed by atoms with E-state index in [9.17, 15) is 4.79 Å². The second-order valence-electron chi connectivity index (χ2n) is 3.64. The molecule has 0 bridgehead atoms. The molecule has 0 unspecified atom stereocenters. The van der Waals surface area contributed by atoms with Gasteiger partial charge in [0.15, 0.2) is 0 Å². The van der Waals surface area contributed by atoms with E-state index in [4.69, 9.17) is 0 Å². The Bertz CT molecular complexity index is 187. The molecule has 0 N–H and O–H groups in total. The molecule has 0 aliphatic heterocycles. The zero-order valence-corrected chi connectivity index (χ0v) is 6.90. The number of Topliss-reactive ketones (excluding diaryl/α,β-unsaturated/α-hetero) is 1. The van der Waals surface area contributed by atoms with Crippen LogP contribution in [0.25, 0.3) is 0 Å². The molecule has 0 aromatic rings. The predicted octanol–water partition coefficient (Wildman–Crippen LogP) is 2.32. The highest BCUT2D eigenvalue weighted by molar-refractivity contribution is 5.87. The van der Waals surface area contributed by atoms with Crippen molar-refractivity contribution in [3.8, 4) is 0 Å². The van der Waals surface area contributed by atoms with E-state index >= 15 is 0 Å². The molecule has 0 atom stereocenters. The van der Waals surface area contributed by atoms with Crippen molar-refractivity contribution in [1.82, 2.24) is 0 Å². The van der Waals surface area contributed by atoms with Gasteiger partial charge in [0, 0.05) is 11.8 Å². The average molecular weight is 138 g/mol. The molecule has 0 aromatic carbocycles. The van der Waals surface area contributed by atoms with Crippen LogP contribution < -0.4 is 0 Å². The van der Waals surface area contributed by atoms with Gasteiger partial charge in [-0.1, -0.05) is 11.6 Å². The Labute approximate surface area is 62.1 Å². The standard InChI is InChI=1S/C9H14O/c1-7-4-5-8(10)9(2,3)6-7/h6H,4-5H2,1-3H3. The van der Waals surface area contributed by atoms with Gasteiger partial charge in [-0.05, 0) is 27.2 Å². The fraction of sp³-hybridized carbons (Fsp3) is 0.667. The lowest BCUT2D eigenvalue weighted by molar-refractivity contribution is -0.125. The first-order valence-corrected chi connectivity index (χ1v) is 3.74.